The lowest BCUT2D eigenvalue weighted by molar-refractivity contribution is 0.0697. The molecule has 86 valence electrons. The van der Waals surface area contributed by atoms with Gasteiger partial charge in [0.2, 0.25) is 0 Å². The lowest BCUT2D eigenvalue weighted by Crippen LogP contribution is -2.25. The fourth-order valence-corrected chi connectivity index (χ4v) is 1.85. The van der Waals surface area contributed by atoms with Gasteiger partial charge in [0.25, 0.3) is 0 Å². The first kappa shape index (κ1) is 11.1. The zero-order valence-electron chi connectivity index (χ0n) is 8.78. The summed E-state index contributed by atoms with van der Waals surface area (Å²) in [6, 6.07) is 6.31. The summed E-state index contributed by atoms with van der Waals surface area (Å²) in [6.07, 6.45) is 0.695. The molecule has 3 nitrogen and oxygen atoms in total. The van der Waals surface area contributed by atoms with Crippen LogP contribution in [0.3, 0.4) is 0 Å². The summed E-state index contributed by atoms with van der Waals surface area (Å²) in [5, 5.41) is 8.72. The zero-order chi connectivity index (χ0) is 11.6. The lowest BCUT2D eigenvalue weighted by Gasteiger charge is -2.16. The molecule has 1 N–H and O–H groups in total. The van der Waals surface area contributed by atoms with Gasteiger partial charge in [0, 0.05) is 19.4 Å². The maximum absolute atomic E-state index is 14.0. The van der Waals surface area contributed by atoms with Crippen molar-refractivity contribution in [3.63, 3.8) is 0 Å². The highest BCUT2D eigenvalue weighted by Gasteiger charge is 2.34. The van der Waals surface area contributed by atoms with E-state index in [9.17, 15) is 9.18 Å². The van der Waals surface area contributed by atoms with E-state index in [1.54, 1.807) is 12.1 Å². The van der Waals surface area contributed by atoms with E-state index in [2.05, 4.69) is 0 Å². The molecule has 0 bridgehead atoms. The number of carboxylic acid groups (broad SMARTS) is 1. The third-order valence-corrected chi connectivity index (χ3v) is 2.78. The van der Waals surface area contributed by atoms with Crippen LogP contribution < -0.4 is 0 Å². The molecule has 1 unspecified atom stereocenters. The van der Waals surface area contributed by atoms with Crippen LogP contribution in [0.25, 0.3) is 0 Å². The molecule has 4 heteroatoms. The van der Waals surface area contributed by atoms with Gasteiger partial charge >= 0.3 is 5.97 Å². The maximum Gasteiger partial charge on any atom is 0.335 e. The second kappa shape index (κ2) is 4.22. The second-order valence-corrected chi connectivity index (χ2v) is 4.13. The summed E-state index contributed by atoms with van der Waals surface area (Å²) in [5.41, 5.74) is -0.262. The standard InChI is InChI=1S/C12H13FO3/c13-12(5-6-16-8-12)7-9-1-3-10(4-2-9)11(14)15/h1-4H,5-8H2,(H,14,15). The molecule has 0 spiro atoms. The Hall–Kier alpha value is -1.42. The van der Waals surface area contributed by atoms with Gasteiger partial charge in [-0.15, -0.1) is 0 Å². The highest BCUT2D eigenvalue weighted by atomic mass is 19.1. The minimum absolute atomic E-state index is 0.133. The first-order chi connectivity index (χ1) is 7.59. The SMILES string of the molecule is O=C(O)c1ccc(CC2(F)CCOC2)cc1. The maximum atomic E-state index is 14.0. The van der Waals surface area contributed by atoms with Gasteiger partial charge in [-0.1, -0.05) is 12.1 Å². The van der Waals surface area contributed by atoms with E-state index in [-0.39, 0.29) is 18.6 Å². The molecule has 16 heavy (non-hydrogen) atoms. The van der Waals surface area contributed by atoms with Crippen LogP contribution in [0.15, 0.2) is 24.3 Å². The van der Waals surface area contributed by atoms with Gasteiger partial charge in [0.15, 0.2) is 0 Å². The topological polar surface area (TPSA) is 46.5 Å². The first-order valence-corrected chi connectivity index (χ1v) is 5.18. The molecule has 1 atom stereocenters. The summed E-state index contributed by atoms with van der Waals surface area (Å²) in [5.74, 6) is -0.967. The van der Waals surface area contributed by atoms with Crippen molar-refractivity contribution in [3.05, 3.63) is 35.4 Å². The van der Waals surface area contributed by atoms with Crippen LogP contribution in [0.4, 0.5) is 4.39 Å². The second-order valence-electron chi connectivity index (χ2n) is 4.13. The van der Waals surface area contributed by atoms with Gasteiger partial charge in [0.1, 0.15) is 5.67 Å². The quantitative estimate of drug-likeness (QED) is 0.854. The molecule has 0 aromatic heterocycles. The van der Waals surface area contributed by atoms with Crippen molar-refractivity contribution >= 4 is 5.97 Å². The summed E-state index contributed by atoms with van der Waals surface area (Å²) in [6.45, 7) is 0.595. The number of carboxylic acids is 1. The predicted octanol–water partition coefficient (Wildman–Crippen LogP) is 2.06. The van der Waals surface area contributed by atoms with Gasteiger partial charge < -0.3 is 9.84 Å². The molecule has 0 saturated carbocycles. The minimum atomic E-state index is -1.29. The van der Waals surface area contributed by atoms with Gasteiger partial charge in [0.05, 0.1) is 12.2 Å². The number of benzene rings is 1. The molecule has 0 radical (unpaired) electrons. The van der Waals surface area contributed by atoms with E-state index in [0.717, 1.165) is 5.56 Å². The van der Waals surface area contributed by atoms with Crippen molar-refractivity contribution in [2.45, 2.75) is 18.5 Å². The normalized spacial score (nSPS) is 24.6. The Bertz CT molecular complexity index is 380. The Balaban J connectivity index is 2.07. The van der Waals surface area contributed by atoms with Gasteiger partial charge in [-0.2, -0.15) is 0 Å². The molecule has 1 aromatic rings. The lowest BCUT2D eigenvalue weighted by atomic mass is 9.95. The van der Waals surface area contributed by atoms with Crippen molar-refractivity contribution in [1.29, 1.82) is 0 Å². The molecule has 1 aliphatic heterocycles. The highest BCUT2D eigenvalue weighted by molar-refractivity contribution is 5.87. The average molecular weight is 224 g/mol. The number of carbonyl (C=O) groups is 1. The van der Waals surface area contributed by atoms with Gasteiger partial charge in [-0.25, -0.2) is 9.18 Å². The first-order valence-electron chi connectivity index (χ1n) is 5.18. The summed E-state index contributed by atoms with van der Waals surface area (Å²) in [4.78, 5) is 10.6. The monoisotopic (exact) mass is 224 g/mol. The number of halogens is 1. The number of aromatic carboxylic acids is 1. The van der Waals surface area contributed by atoms with Crippen molar-refractivity contribution in [3.8, 4) is 0 Å². The van der Waals surface area contributed by atoms with Crippen molar-refractivity contribution in [2.75, 3.05) is 13.2 Å². The fourth-order valence-electron chi connectivity index (χ4n) is 1.85. The van der Waals surface area contributed by atoms with Crippen LogP contribution in [0, 0.1) is 0 Å². The Kier molecular flexibility index (Phi) is 2.92. The number of hydrogen-bond acceptors (Lipinski definition) is 2. The molecule has 1 fully saturated rings. The van der Waals surface area contributed by atoms with E-state index in [1.807, 2.05) is 0 Å². The molecular formula is C12H13FO3. The van der Waals surface area contributed by atoms with Gasteiger partial charge in [-0.3, -0.25) is 0 Å². The van der Waals surface area contributed by atoms with Crippen molar-refractivity contribution in [2.24, 2.45) is 0 Å². The Labute approximate surface area is 92.9 Å². The largest absolute Gasteiger partial charge is 0.478 e. The van der Waals surface area contributed by atoms with Crippen LogP contribution in [-0.2, 0) is 11.2 Å². The number of rotatable bonds is 3. The van der Waals surface area contributed by atoms with Gasteiger partial charge in [-0.05, 0) is 17.7 Å². The third-order valence-electron chi connectivity index (χ3n) is 2.78. The van der Waals surface area contributed by atoms with E-state index in [0.29, 0.717) is 13.0 Å². The minimum Gasteiger partial charge on any atom is -0.478 e. The summed E-state index contributed by atoms with van der Waals surface area (Å²) >= 11 is 0. The average Bonchev–Trinajstić information content (AvgIpc) is 2.65. The highest BCUT2D eigenvalue weighted by Crippen LogP contribution is 2.27. The van der Waals surface area contributed by atoms with Crippen LogP contribution >= 0.6 is 0 Å². The molecule has 1 heterocycles. The molecule has 0 amide bonds. The molecule has 0 aliphatic carbocycles. The van der Waals surface area contributed by atoms with E-state index in [4.69, 9.17) is 9.84 Å². The predicted molar refractivity (Wildman–Crippen MR) is 56.4 cm³/mol. The molecule has 1 saturated heterocycles. The van der Waals surface area contributed by atoms with E-state index < -0.39 is 11.6 Å². The smallest absolute Gasteiger partial charge is 0.335 e. The van der Waals surface area contributed by atoms with Crippen LogP contribution in [-0.4, -0.2) is 30.0 Å². The number of hydrogen-bond donors (Lipinski definition) is 1. The van der Waals surface area contributed by atoms with Crippen LogP contribution in [0.2, 0.25) is 0 Å². The number of ether oxygens (including phenoxy) is 1. The molecule has 1 aromatic carbocycles. The Morgan fingerprint density at radius 2 is 2.12 bits per heavy atom. The summed E-state index contributed by atoms with van der Waals surface area (Å²) < 4.78 is 19.0. The molecule has 1 aliphatic rings. The van der Waals surface area contributed by atoms with E-state index >= 15 is 0 Å². The fraction of sp³-hybridized carbons (Fsp3) is 0.417. The third kappa shape index (κ3) is 2.39. The molecular weight excluding hydrogens is 211 g/mol. The number of alkyl halides is 1. The van der Waals surface area contributed by atoms with Crippen LogP contribution in [0.5, 0.6) is 0 Å². The Morgan fingerprint density at radius 1 is 1.44 bits per heavy atom. The summed E-state index contributed by atoms with van der Waals surface area (Å²) in [7, 11) is 0. The van der Waals surface area contributed by atoms with Crippen molar-refractivity contribution < 1.29 is 19.0 Å². The van der Waals surface area contributed by atoms with Crippen LogP contribution in [0.1, 0.15) is 22.3 Å². The zero-order valence-corrected chi connectivity index (χ0v) is 8.78. The molecule has 2 rings (SSSR count). The van der Waals surface area contributed by atoms with E-state index in [1.165, 1.54) is 12.1 Å². The van der Waals surface area contributed by atoms with Crippen molar-refractivity contribution in [1.82, 2.24) is 0 Å². The Morgan fingerprint density at radius 3 is 2.62 bits per heavy atom.